The molecule has 0 saturated heterocycles. The number of benzene rings is 3. The normalized spacial score (nSPS) is 23.7. The first-order valence-corrected chi connectivity index (χ1v) is 15.1. The zero-order valence-corrected chi connectivity index (χ0v) is 21.3. The summed E-state index contributed by atoms with van der Waals surface area (Å²) in [6.45, 7) is 4.14. The molecule has 34 heavy (non-hydrogen) atoms. The van der Waals surface area contributed by atoms with E-state index in [1.54, 1.807) is 0 Å². The second-order valence-corrected chi connectivity index (χ2v) is 15.0. The van der Waals surface area contributed by atoms with E-state index in [-0.39, 0.29) is 22.9 Å². The Bertz CT molecular complexity index is 1270. The van der Waals surface area contributed by atoms with Crippen LogP contribution in [0.4, 0.5) is 0 Å². The minimum absolute atomic E-state index is 0.0931. The van der Waals surface area contributed by atoms with Crippen LogP contribution in [-0.4, -0.2) is 20.0 Å². The van der Waals surface area contributed by atoms with Gasteiger partial charge in [-0.15, -0.1) is 0 Å². The maximum Gasteiger partial charge on any atom is 0.253 e. The van der Waals surface area contributed by atoms with Gasteiger partial charge in [-0.25, -0.2) is 8.42 Å². The van der Waals surface area contributed by atoms with Crippen LogP contribution in [0.25, 0.3) is 0 Å². The average Bonchev–Trinajstić information content (AvgIpc) is 3.18. The Hall–Kier alpha value is -2.49. The minimum Gasteiger partial charge on any atom is -0.299 e. The monoisotopic (exact) mass is 491 g/mol. The van der Waals surface area contributed by atoms with Gasteiger partial charge in [0.05, 0.1) is 18.2 Å². The zero-order chi connectivity index (χ0) is 24.0. The van der Waals surface area contributed by atoms with E-state index < -0.39 is 22.5 Å². The predicted molar refractivity (Wildman–Crippen MR) is 140 cm³/mol. The van der Waals surface area contributed by atoms with Crippen molar-refractivity contribution in [2.45, 2.75) is 33.1 Å². The van der Waals surface area contributed by atoms with Crippen LogP contribution in [0.1, 0.15) is 33.1 Å². The third-order valence-electron chi connectivity index (χ3n) is 8.20. The first-order valence-electron chi connectivity index (χ1n) is 11.8. The van der Waals surface area contributed by atoms with Crippen LogP contribution in [0.5, 0.6) is 0 Å². The van der Waals surface area contributed by atoms with Gasteiger partial charge < -0.3 is 0 Å². The molecule has 2 bridgehead atoms. The van der Waals surface area contributed by atoms with Crippen LogP contribution in [0.2, 0.25) is 0 Å². The predicted octanol–water partition coefficient (Wildman–Crippen LogP) is 4.89. The second-order valence-electron chi connectivity index (χ2n) is 10.1. The molecule has 2 atom stereocenters. The van der Waals surface area contributed by atoms with Crippen LogP contribution < -0.4 is 15.9 Å². The molecule has 0 amide bonds. The number of carbonyl (C=O) groups excluding carboxylic acids is 1. The number of hydrogen-bond acceptors (Lipinski definition) is 3. The number of sulfonamides is 1. The van der Waals surface area contributed by atoms with Crippen molar-refractivity contribution in [3.8, 4) is 0 Å². The number of carbonyl (C=O) groups is 1. The molecule has 5 rings (SSSR count). The Morgan fingerprint density at radius 2 is 1.26 bits per heavy atom. The molecular weight excluding hydrogens is 461 g/mol. The van der Waals surface area contributed by atoms with E-state index in [4.69, 9.17) is 4.15 Å². The minimum atomic E-state index is -3.96. The molecule has 0 aromatic heterocycles. The molecule has 3 aromatic carbocycles. The van der Waals surface area contributed by atoms with E-state index in [1.807, 2.05) is 91.0 Å². The standard InChI is InChI=1S/C28H30NO3PS/c1-27(2)22-18-19-28(27,26(30)20-22)21-34(31,32)29-33(23-12-6-3-7-13-23,24-14-8-4-9-15-24)25-16-10-5-11-17-25/h3-17,22H,18-21H2,1-2H3/t22-,28+/m0/s1. The van der Waals surface area contributed by atoms with Crippen molar-refractivity contribution in [3.05, 3.63) is 91.0 Å². The Morgan fingerprint density at radius 1 is 0.824 bits per heavy atom. The largest absolute Gasteiger partial charge is 0.299 e. The molecule has 2 saturated carbocycles. The molecule has 4 nitrogen and oxygen atoms in total. The molecule has 0 unspecified atom stereocenters. The van der Waals surface area contributed by atoms with Gasteiger partial charge >= 0.3 is 0 Å². The van der Waals surface area contributed by atoms with Gasteiger partial charge in [0.15, 0.2) is 0 Å². The SMILES string of the molecule is CC1(C)[C@H]2CC[C@@]1(CS(=O)(=O)N=P(c1ccccc1)(c1ccccc1)c1ccccc1)C(=O)C2. The third kappa shape index (κ3) is 3.52. The number of nitrogens with zero attached hydrogens (tertiary/aromatic N) is 1. The molecule has 2 aliphatic carbocycles. The highest BCUT2D eigenvalue weighted by molar-refractivity contribution is 7.99. The van der Waals surface area contributed by atoms with Crippen LogP contribution >= 0.6 is 7.05 Å². The molecule has 2 fully saturated rings. The lowest BCUT2D eigenvalue weighted by Gasteiger charge is -2.36. The van der Waals surface area contributed by atoms with E-state index >= 15 is 0 Å². The van der Waals surface area contributed by atoms with Crippen molar-refractivity contribution in [3.63, 3.8) is 0 Å². The molecule has 0 aliphatic heterocycles. The molecule has 0 spiro atoms. The van der Waals surface area contributed by atoms with E-state index in [0.29, 0.717) is 12.8 Å². The van der Waals surface area contributed by atoms with Gasteiger partial charge in [0, 0.05) is 22.3 Å². The number of hydrogen-bond donors (Lipinski definition) is 0. The van der Waals surface area contributed by atoms with Gasteiger partial charge in [0.2, 0.25) is 0 Å². The van der Waals surface area contributed by atoms with E-state index in [0.717, 1.165) is 22.3 Å². The Labute approximate surface area is 202 Å². The molecule has 6 heteroatoms. The van der Waals surface area contributed by atoms with E-state index in [1.165, 1.54) is 0 Å². The maximum absolute atomic E-state index is 14.0. The van der Waals surface area contributed by atoms with Crippen molar-refractivity contribution >= 4 is 38.8 Å². The molecule has 3 aromatic rings. The molecule has 2 aliphatic rings. The first kappa shape index (κ1) is 23.3. The summed E-state index contributed by atoms with van der Waals surface area (Å²) in [6.07, 6.45) is 2.02. The lowest BCUT2D eigenvalue weighted by molar-refractivity contribution is -0.128. The van der Waals surface area contributed by atoms with Crippen molar-refractivity contribution in [2.75, 3.05) is 5.75 Å². The maximum atomic E-state index is 14.0. The van der Waals surface area contributed by atoms with Crippen molar-refractivity contribution in [1.82, 2.24) is 0 Å². The van der Waals surface area contributed by atoms with Gasteiger partial charge in [-0.05, 0) is 24.2 Å². The molecule has 176 valence electrons. The lowest BCUT2D eigenvalue weighted by atomic mass is 9.70. The smallest absolute Gasteiger partial charge is 0.253 e. The highest BCUT2D eigenvalue weighted by Gasteiger charge is 2.65. The van der Waals surface area contributed by atoms with Crippen LogP contribution in [0, 0.1) is 16.7 Å². The number of rotatable bonds is 6. The second kappa shape index (κ2) is 8.32. The summed E-state index contributed by atoms with van der Waals surface area (Å²) in [4.78, 5) is 13.1. The highest BCUT2D eigenvalue weighted by atomic mass is 32.2. The fourth-order valence-electron chi connectivity index (χ4n) is 6.15. The summed E-state index contributed by atoms with van der Waals surface area (Å²) >= 11 is 0. The molecule has 0 radical (unpaired) electrons. The van der Waals surface area contributed by atoms with Crippen molar-refractivity contribution < 1.29 is 13.2 Å². The van der Waals surface area contributed by atoms with Crippen molar-refractivity contribution in [1.29, 1.82) is 0 Å². The summed E-state index contributed by atoms with van der Waals surface area (Å²) in [7, 11) is -6.86. The summed E-state index contributed by atoms with van der Waals surface area (Å²) in [5.41, 5.74) is -1.18. The summed E-state index contributed by atoms with van der Waals surface area (Å²) < 4.78 is 33.0. The Balaban J connectivity index is 1.78. The van der Waals surface area contributed by atoms with Crippen LogP contribution in [-0.2, 0) is 14.8 Å². The quantitative estimate of drug-likeness (QED) is 0.461. The zero-order valence-electron chi connectivity index (χ0n) is 19.6. The fourth-order valence-corrected chi connectivity index (χ4v) is 13.0. The van der Waals surface area contributed by atoms with Crippen molar-refractivity contribution in [2.24, 2.45) is 20.9 Å². The van der Waals surface area contributed by atoms with Crippen LogP contribution in [0.3, 0.4) is 0 Å². The third-order valence-corrected chi connectivity index (χ3v) is 14.2. The lowest BCUT2D eigenvalue weighted by Crippen LogP contribution is -2.42. The first-order chi connectivity index (χ1) is 16.2. The summed E-state index contributed by atoms with van der Waals surface area (Å²) in [5, 5.41) is 2.65. The topological polar surface area (TPSA) is 63.6 Å². The number of fused-ring (bicyclic) bond motifs is 2. The fraction of sp³-hybridized carbons (Fsp3) is 0.321. The Morgan fingerprint density at radius 3 is 1.62 bits per heavy atom. The van der Waals surface area contributed by atoms with Gasteiger partial charge in [-0.3, -0.25) is 4.79 Å². The summed E-state index contributed by atoms with van der Waals surface area (Å²) in [5.74, 6) is 0.138. The number of ketones is 1. The van der Waals surface area contributed by atoms with Crippen LogP contribution in [0.15, 0.2) is 95.1 Å². The molecule has 0 N–H and O–H groups in total. The molecular formula is C28H30NO3PS. The highest BCUT2D eigenvalue weighted by Crippen LogP contribution is 2.64. The van der Waals surface area contributed by atoms with E-state index in [2.05, 4.69) is 13.8 Å². The average molecular weight is 492 g/mol. The number of Topliss-reactive ketones (excluding diaryl/α,β-unsaturated/α-hetero) is 1. The Kier molecular flexibility index (Phi) is 5.69. The van der Waals surface area contributed by atoms with Gasteiger partial charge in [0.25, 0.3) is 10.0 Å². The van der Waals surface area contributed by atoms with E-state index in [9.17, 15) is 13.2 Å². The summed E-state index contributed by atoms with van der Waals surface area (Å²) in [6, 6.07) is 29.2. The van der Waals surface area contributed by atoms with Gasteiger partial charge in [0.1, 0.15) is 5.78 Å². The molecule has 0 heterocycles. The van der Waals surface area contributed by atoms with Gasteiger partial charge in [-0.1, -0.05) is 105 Å². The van der Waals surface area contributed by atoms with Gasteiger partial charge in [-0.2, -0.15) is 4.15 Å².